The van der Waals surface area contributed by atoms with E-state index in [9.17, 15) is 15.2 Å². The zero-order chi connectivity index (χ0) is 19.7. The summed E-state index contributed by atoms with van der Waals surface area (Å²) in [5.41, 5.74) is 2.03. The maximum atomic E-state index is 10.9. The van der Waals surface area contributed by atoms with E-state index in [-0.39, 0.29) is 22.3 Å². The molecule has 6 heteroatoms. The van der Waals surface area contributed by atoms with Crippen molar-refractivity contribution in [2.75, 3.05) is 0 Å². The van der Waals surface area contributed by atoms with E-state index in [1.54, 1.807) is 12.1 Å². The lowest BCUT2D eigenvalue weighted by Crippen LogP contribution is -2.16. The highest BCUT2D eigenvalue weighted by atomic mass is 16.6. The van der Waals surface area contributed by atoms with Gasteiger partial charge in [0.25, 0.3) is 5.69 Å². The molecule has 0 saturated heterocycles. The summed E-state index contributed by atoms with van der Waals surface area (Å²) in [6.07, 6.45) is 0. The molecule has 0 aliphatic carbocycles. The maximum absolute atomic E-state index is 10.9. The number of nitrogens with zero attached hydrogens (tertiary/aromatic N) is 3. The number of benzene rings is 2. The number of nitro benzene ring substituents is 1. The number of hydrogen-bond acceptors (Lipinski definition) is 5. The predicted molar refractivity (Wildman–Crippen MR) is 103 cm³/mol. The molecule has 0 aliphatic rings. The molecule has 1 N–H and O–H groups in total. The lowest BCUT2D eigenvalue weighted by molar-refractivity contribution is -0.384. The van der Waals surface area contributed by atoms with E-state index < -0.39 is 4.92 Å². The van der Waals surface area contributed by atoms with E-state index in [1.807, 2.05) is 53.7 Å². The van der Waals surface area contributed by atoms with Gasteiger partial charge >= 0.3 is 0 Å². The fraction of sp³-hybridized carbons (Fsp3) is 0.400. The van der Waals surface area contributed by atoms with Gasteiger partial charge in [0.15, 0.2) is 0 Å². The molecule has 0 unspecified atom stereocenters. The summed E-state index contributed by atoms with van der Waals surface area (Å²) in [6, 6.07) is 9.64. The molecule has 0 aromatic heterocycles. The van der Waals surface area contributed by atoms with Crippen molar-refractivity contribution in [3.05, 3.63) is 57.6 Å². The van der Waals surface area contributed by atoms with Crippen LogP contribution in [0.15, 0.2) is 46.6 Å². The number of hydrogen-bond donors (Lipinski definition) is 1. The summed E-state index contributed by atoms with van der Waals surface area (Å²) in [6.45, 7) is 12.1. The Morgan fingerprint density at radius 1 is 0.885 bits per heavy atom. The van der Waals surface area contributed by atoms with Crippen molar-refractivity contribution < 1.29 is 10.0 Å². The van der Waals surface area contributed by atoms with Gasteiger partial charge in [-0.25, -0.2) is 0 Å². The minimum atomic E-state index is -0.463. The Kier molecular flexibility index (Phi) is 5.16. The van der Waals surface area contributed by atoms with Gasteiger partial charge in [-0.05, 0) is 29.0 Å². The molecular formula is C20H25N3O3. The number of aromatic hydroxyl groups is 1. The van der Waals surface area contributed by atoms with Crippen LogP contribution in [0.5, 0.6) is 5.75 Å². The third kappa shape index (κ3) is 4.45. The van der Waals surface area contributed by atoms with Crippen LogP contribution in [0.25, 0.3) is 0 Å². The van der Waals surface area contributed by atoms with Crippen LogP contribution in [0.4, 0.5) is 17.1 Å². The Hall–Kier alpha value is -2.76. The molecule has 138 valence electrons. The molecule has 2 aromatic carbocycles. The first kappa shape index (κ1) is 19.6. The largest absolute Gasteiger partial charge is 0.507 e. The molecule has 0 radical (unpaired) electrons. The van der Waals surface area contributed by atoms with Crippen LogP contribution in [-0.2, 0) is 10.8 Å². The second kappa shape index (κ2) is 6.86. The molecule has 6 nitrogen and oxygen atoms in total. The monoisotopic (exact) mass is 355 g/mol. The van der Waals surface area contributed by atoms with E-state index >= 15 is 0 Å². The number of azo groups is 1. The zero-order valence-electron chi connectivity index (χ0n) is 16.1. The van der Waals surface area contributed by atoms with Gasteiger partial charge in [-0.15, -0.1) is 0 Å². The third-order valence-corrected chi connectivity index (χ3v) is 4.03. The van der Waals surface area contributed by atoms with Gasteiger partial charge < -0.3 is 5.11 Å². The highest BCUT2D eigenvalue weighted by Gasteiger charge is 2.26. The van der Waals surface area contributed by atoms with Crippen molar-refractivity contribution in [3.8, 4) is 5.75 Å². The number of nitro groups is 1. The predicted octanol–water partition coefficient (Wildman–Crippen LogP) is 6.31. The Balaban J connectivity index is 2.53. The van der Waals surface area contributed by atoms with Gasteiger partial charge in [0.2, 0.25) is 0 Å². The van der Waals surface area contributed by atoms with Crippen LogP contribution in [-0.4, -0.2) is 10.0 Å². The van der Waals surface area contributed by atoms with Crippen molar-refractivity contribution in [2.24, 2.45) is 10.2 Å². The molecule has 26 heavy (non-hydrogen) atoms. The highest BCUT2D eigenvalue weighted by Crippen LogP contribution is 2.42. The van der Waals surface area contributed by atoms with Crippen molar-refractivity contribution >= 4 is 17.1 Å². The van der Waals surface area contributed by atoms with Crippen molar-refractivity contribution in [1.82, 2.24) is 0 Å². The van der Waals surface area contributed by atoms with Crippen molar-refractivity contribution in [3.63, 3.8) is 0 Å². The second-order valence-corrected chi connectivity index (χ2v) is 8.37. The molecule has 0 heterocycles. The summed E-state index contributed by atoms with van der Waals surface area (Å²) in [5.74, 6) is 0.277. The normalized spacial score (nSPS) is 12.5. The third-order valence-electron chi connectivity index (χ3n) is 4.03. The zero-order valence-corrected chi connectivity index (χ0v) is 16.1. The van der Waals surface area contributed by atoms with Gasteiger partial charge in [-0.3, -0.25) is 10.1 Å². The number of phenols is 1. The number of phenolic OH excluding ortho intramolecular Hbond substituents is 1. The molecule has 0 fully saturated rings. The highest BCUT2D eigenvalue weighted by molar-refractivity contribution is 5.57. The SMILES string of the molecule is CC(C)(C)c1cc(N=Nc2cccc([N+](=O)[O-])c2)cc(C(C)(C)C)c1O. The van der Waals surface area contributed by atoms with Crippen LogP contribution < -0.4 is 0 Å². The minimum absolute atomic E-state index is 0.0297. The first-order valence-corrected chi connectivity index (χ1v) is 8.44. The summed E-state index contributed by atoms with van der Waals surface area (Å²) >= 11 is 0. The standard InChI is InChI=1S/C20H25N3O3/c1-19(2,3)16-11-14(12-17(18(16)24)20(4,5)6)22-21-13-8-7-9-15(10-13)23(25)26/h7-12,24H,1-6H3. The second-order valence-electron chi connectivity index (χ2n) is 8.37. The van der Waals surface area contributed by atoms with Crippen LogP contribution in [0, 0.1) is 10.1 Å². The topological polar surface area (TPSA) is 88.1 Å². The fourth-order valence-corrected chi connectivity index (χ4v) is 2.60. The summed E-state index contributed by atoms with van der Waals surface area (Å²) < 4.78 is 0. The molecule has 0 atom stereocenters. The van der Waals surface area contributed by atoms with Gasteiger partial charge in [0.1, 0.15) is 5.75 Å². The summed E-state index contributed by atoms with van der Waals surface area (Å²) in [5, 5.41) is 30.0. The Morgan fingerprint density at radius 2 is 1.38 bits per heavy atom. The molecule has 0 amide bonds. The van der Waals surface area contributed by atoms with E-state index in [4.69, 9.17) is 0 Å². The van der Waals surface area contributed by atoms with Crippen LogP contribution in [0.3, 0.4) is 0 Å². The lowest BCUT2D eigenvalue weighted by Gasteiger charge is -2.27. The van der Waals surface area contributed by atoms with Crippen LogP contribution in [0.1, 0.15) is 52.7 Å². The van der Waals surface area contributed by atoms with Crippen molar-refractivity contribution in [2.45, 2.75) is 52.4 Å². The maximum Gasteiger partial charge on any atom is 0.271 e. The molecular weight excluding hydrogens is 330 g/mol. The molecule has 2 rings (SSSR count). The first-order valence-electron chi connectivity index (χ1n) is 8.44. The van der Waals surface area contributed by atoms with Crippen LogP contribution >= 0.6 is 0 Å². The summed E-state index contributed by atoms with van der Waals surface area (Å²) in [7, 11) is 0. The van der Waals surface area contributed by atoms with Gasteiger partial charge in [-0.2, -0.15) is 10.2 Å². The molecule has 2 aromatic rings. The first-order chi connectivity index (χ1) is 11.9. The Labute approximate surface area is 153 Å². The van der Waals surface area contributed by atoms with Crippen LogP contribution in [0.2, 0.25) is 0 Å². The fourth-order valence-electron chi connectivity index (χ4n) is 2.60. The van der Waals surface area contributed by atoms with E-state index in [1.165, 1.54) is 12.1 Å². The van der Waals surface area contributed by atoms with E-state index in [2.05, 4.69) is 10.2 Å². The lowest BCUT2D eigenvalue weighted by atomic mass is 9.79. The quantitative estimate of drug-likeness (QED) is 0.397. The van der Waals surface area contributed by atoms with Gasteiger partial charge in [0, 0.05) is 23.3 Å². The van der Waals surface area contributed by atoms with E-state index in [0.717, 1.165) is 11.1 Å². The molecule has 0 spiro atoms. The average Bonchev–Trinajstić information content (AvgIpc) is 2.51. The molecule has 0 bridgehead atoms. The van der Waals surface area contributed by atoms with E-state index in [0.29, 0.717) is 11.4 Å². The average molecular weight is 355 g/mol. The number of non-ortho nitro benzene ring substituents is 1. The van der Waals surface area contributed by atoms with Gasteiger partial charge in [-0.1, -0.05) is 47.6 Å². The number of rotatable bonds is 3. The Bertz CT molecular complexity index is 824. The Morgan fingerprint density at radius 3 is 1.85 bits per heavy atom. The molecule has 0 saturated carbocycles. The minimum Gasteiger partial charge on any atom is -0.507 e. The summed E-state index contributed by atoms with van der Waals surface area (Å²) in [4.78, 5) is 10.4. The van der Waals surface area contributed by atoms with Gasteiger partial charge in [0.05, 0.1) is 16.3 Å². The van der Waals surface area contributed by atoms with Crippen molar-refractivity contribution in [1.29, 1.82) is 0 Å². The smallest absolute Gasteiger partial charge is 0.271 e. The molecule has 0 aliphatic heterocycles.